The number of hydrogen-bond donors (Lipinski definition) is 1. The molecule has 1 aliphatic rings. The second-order valence-corrected chi connectivity index (χ2v) is 5.84. The van der Waals surface area contributed by atoms with Crippen LogP contribution in [-0.2, 0) is 11.2 Å². The van der Waals surface area contributed by atoms with Crippen molar-refractivity contribution in [3.63, 3.8) is 0 Å². The minimum atomic E-state index is -0.723. The van der Waals surface area contributed by atoms with E-state index in [9.17, 15) is 9.90 Å². The lowest BCUT2D eigenvalue weighted by Crippen LogP contribution is -2.37. The van der Waals surface area contributed by atoms with Crippen LogP contribution in [-0.4, -0.2) is 29.6 Å². The van der Waals surface area contributed by atoms with Gasteiger partial charge >= 0.3 is 5.97 Å². The third kappa shape index (κ3) is 2.41. The highest BCUT2D eigenvalue weighted by Crippen LogP contribution is 2.37. The lowest BCUT2D eigenvalue weighted by molar-refractivity contribution is -0.148. The lowest BCUT2D eigenvalue weighted by atomic mass is 9.80. The Labute approximate surface area is 108 Å². The van der Waals surface area contributed by atoms with E-state index in [-0.39, 0.29) is 6.04 Å². The molecule has 3 heteroatoms. The van der Waals surface area contributed by atoms with Crippen LogP contribution in [0.3, 0.4) is 0 Å². The molecule has 0 radical (unpaired) electrons. The molecule has 2 rings (SSSR count). The zero-order valence-electron chi connectivity index (χ0n) is 11.3. The SMILES string of the molecule is CN1CCc2ccccc2C1CC(C)(C)C(=O)O. The molecule has 1 aromatic carbocycles. The molecule has 18 heavy (non-hydrogen) atoms. The highest BCUT2D eigenvalue weighted by Gasteiger charge is 2.35. The maximum Gasteiger partial charge on any atom is 0.309 e. The van der Waals surface area contributed by atoms with Crippen molar-refractivity contribution in [2.45, 2.75) is 32.7 Å². The van der Waals surface area contributed by atoms with Crippen molar-refractivity contribution >= 4 is 5.97 Å². The van der Waals surface area contributed by atoms with Crippen LogP contribution in [0.4, 0.5) is 0 Å². The average molecular weight is 247 g/mol. The molecule has 1 unspecified atom stereocenters. The molecule has 1 atom stereocenters. The molecule has 1 heterocycles. The first kappa shape index (κ1) is 13.1. The van der Waals surface area contributed by atoms with Gasteiger partial charge in [0.15, 0.2) is 0 Å². The van der Waals surface area contributed by atoms with Gasteiger partial charge < -0.3 is 5.11 Å². The average Bonchev–Trinajstić information content (AvgIpc) is 2.32. The largest absolute Gasteiger partial charge is 0.481 e. The number of carbonyl (C=O) groups is 1. The summed E-state index contributed by atoms with van der Waals surface area (Å²) in [7, 11) is 2.08. The fourth-order valence-electron chi connectivity index (χ4n) is 2.61. The maximum atomic E-state index is 11.3. The second kappa shape index (κ2) is 4.73. The highest BCUT2D eigenvalue weighted by molar-refractivity contribution is 5.73. The number of likely N-dealkylation sites (N-methyl/N-ethyl adjacent to an activating group) is 1. The molecule has 1 aromatic rings. The summed E-state index contributed by atoms with van der Waals surface area (Å²) in [5.74, 6) is -0.723. The predicted octanol–water partition coefficient (Wildman–Crippen LogP) is 2.72. The molecule has 0 aliphatic carbocycles. The van der Waals surface area contributed by atoms with Crippen LogP contribution in [0.1, 0.15) is 37.4 Å². The third-order valence-corrected chi connectivity index (χ3v) is 3.96. The molecule has 1 aliphatic heterocycles. The van der Waals surface area contributed by atoms with E-state index in [2.05, 4.69) is 30.1 Å². The standard InChI is InChI=1S/C15H21NO2/c1-15(2,14(17)18)10-13-12-7-5-4-6-11(12)8-9-16(13)3/h4-7,13H,8-10H2,1-3H3,(H,17,18). The first-order valence-corrected chi connectivity index (χ1v) is 6.43. The second-order valence-electron chi connectivity index (χ2n) is 5.84. The van der Waals surface area contributed by atoms with Gasteiger partial charge in [-0.25, -0.2) is 0 Å². The highest BCUT2D eigenvalue weighted by atomic mass is 16.4. The van der Waals surface area contributed by atoms with E-state index < -0.39 is 11.4 Å². The summed E-state index contributed by atoms with van der Waals surface area (Å²) in [6.07, 6.45) is 1.70. The van der Waals surface area contributed by atoms with E-state index >= 15 is 0 Å². The Morgan fingerprint density at radius 1 is 1.44 bits per heavy atom. The monoisotopic (exact) mass is 247 g/mol. The molecule has 1 N–H and O–H groups in total. The van der Waals surface area contributed by atoms with Crippen molar-refractivity contribution in [3.8, 4) is 0 Å². The quantitative estimate of drug-likeness (QED) is 0.892. The van der Waals surface area contributed by atoms with E-state index in [0.717, 1.165) is 13.0 Å². The van der Waals surface area contributed by atoms with Gasteiger partial charge in [-0.3, -0.25) is 9.69 Å². The molecular weight excluding hydrogens is 226 g/mol. The number of carboxylic acid groups (broad SMARTS) is 1. The summed E-state index contributed by atoms with van der Waals surface area (Å²) < 4.78 is 0. The smallest absolute Gasteiger partial charge is 0.309 e. The van der Waals surface area contributed by atoms with Crippen molar-refractivity contribution in [1.29, 1.82) is 0 Å². The zero-order valence-corrected chi connectivity index (χ0v) is 11.3. The molecule has 0 saturated carbocycles. The zero-order chi connectivity index (χ0) is 13.3. The summed E-state index contributed by atoms with van der Waals surface area (Å²) >= 11 is 0. The van der Waals surface area contributed by atoms with Gasteiger partial charge in [-0.15, -0.1) is 0 Å². The van der Waals surface area contributed by atoms with Crippen molar-refractivity contribution in [3.05, 3.63) is 35.4 Å². The molecule has 0 saturated heterocycles. The van der Waals surface area contributed by atoms with Gasteiger partial charge in [0, 0.05) is 12.6 Å². The van der Waals surface area contributed by atoms with Crippen LogP contribution in [0.2, 0.25) is 0 Å². The summed E-state index contributed by atoms with van der Waals surface area (Å²) in [5.41, 5.74) is 1.96. The van der Waals surface area contributed by atoms with Gasteiger partial charge in [-0.1, -0.05) is 24.3 Å². The summed E-state index contributed by atoms with van der Waals surface area (Å²) in [6, 6.07) is 8.60. The summed E-state index contributed by atoms with van der Waals surface area (Å²) in [4.78, 5) is 13.6. The van der Waals surface area contributed by atoms with Crippen LogP contribution in [0.25, 0.3) is 0 Å². The molecule has 0 fully saturated rings. The van der Waals surface area contributed by atoms with E-state index in [1.165, 1.54) is 11.1 Å². The first-order valence-electron chi connectivity index (χ1n) is 6.43. The number of rotatable bonds is 3. The van der Waals surface area contributed by atoms with Crippen molar-refractivity contribution in [1.82, 2.24) is 4.90 Å². The normalized spacial score (nSPS) is 20.5. The number of carboxylic acids is 1. The topological polar surface area (TPSA) is 40.5 Å². The number of hydrogen-bond acceptors (Lipinski definition) is 2. The molecule has 0 spiro atoms. The number of aliphatic carboxylic acids is 1. The van der Waals surface area contributed by atoms with Gasteiger partial charge in [0.25, 0.3) is 0 Å². The van der Waals surface area contributed by atoms with Gasteiger partial charge in [0.05, 0.1) is 5.41 Å². The maximum absolute atomic E-state index is 11.3. The number of benzene rings is 1. The Morgan fingerprint density at radius 3 is 2.78 bits per heavy atom. The molecule has 98 valence electrons. The van der Waals surface area contributed by atoms with E-state index in [1.54, 1.807) is 13.8 Å². The Hall–Kier alpha value is -1.35. The summed E-state index contributed by atoms with van der Waals surface area (Å²) in [6.45, 7) is 4.61. The van der Waals surface area contributed by atoms with Crippen molar-refractivity contribution < 1.29 is 9.90 Å². The van der Waals surface area contributed by atoms with Crippen LogP contribution >= 0.6 is 0 Å². The van der Waals surface area contributed by atoms with Gasteiger partial charge in [-0.05, 0) is 44.9 Å². The predicted molar refractivity (Wildman–Crippen MR) is 71.6 cm³/mol. The fourth-order valence-corrected chi connectivity index (χ4v) is 2.61. The fraction of sp³-hybridized carbons (Fsp3) is 0.533. The molecule has 0 amide bonds. The van der Waals surface area contributed by atoms with Gasteiger partial charge in [0.1, 0.15) is 0 Å². The van der Waals surface area contributed by atoms with Gasteiger partial charge in [-0.2, -0.15) is 0 Å². The van der Waals surface area contributed by atoms with Gasteiger partial charge in [0.2, 0.25) is 0 Å². The van der Waals surface area contributed by atoms with Crippen LogP contribution in [0, 0.1) is 5.41 Å². The van der Waals surface area contributed by atoms with Crippen molar-refractivity contribution in [2.24, 2.45) is 5.41 Å². The van der Waals surface area contributed by atoms with Crippen molar-refractivity contribution in [2.75, 3.05) is 13.6 Å². The van der Waals surface area contributed by atoms with E-state index in [4.69, 9.17) is 0 Å². The van der Waals surface area contributed by atoms with E-state index in [0.29, 0.717) is 6.42 Å². The van der Waals surface area contributed by atoms with Crippen LogP contribution < -0.4 is 0 Å². The Morgan fingerprint density at radius 2 is 2.11 bits per heavy atom. The Bertz CT molecular complexity index is 454. The Kier molecular flexibility index (Phi) is 3.44. The molecular formula is C15H21NO2. The molecule has 0 aromatic heterocycles. The summed E-state index contributed by atoms with van der Waals surface area (Å²) in [5, 5.41) is 9.29. The van der Waals surface area contributed by atoms with Crippen LogP contribution in [0.15, 0.2) is 24.3 Å². The molecule has 3 nitrogen and oxygen atoms in total. The first-order chi connectivity index (χ1) is 8.42. The third-order valence-electron chi connectivity index (χ3n) is 3.96. The lowest BCUT2D eigenvalue weighted by Gasteiger charge is -2.37. The Balaban J connectivity index is 2.30. The number of fused-ring (bicyclic) bond motifs is 1. The molecule has 0 bridgehead atoms. The van der Waals surface area contributed by atoms with Crippen LogP contribution in [0.5, 0.6) is 0 Å². The van der Waals surface area contributed by atoms with E-state index in [1.807, 2.05) is 6.07 Å². The minimum Gasteiger partial charge on any atom is -0.481 e. The minimum absolute atomic E-state index is 0.209. The number of nitrogens with zero attached hydrogens (tertiary/aromatic N) is 1.